The van der Waals surface area contributed by atoms with E-state index < -0.39 is 0 Å². The van der Waals surface area contributed by atoms with Crippen molar-refractivity contribution < 1.29 is 4.79 Å². The summed E-state index contributed by atoms with van der Waals surface area (Å²) in [5.74, 6) is 0.160. The summed E-state index contributed by atoms with van der Waals surface area (Å²) < 4.78 is 0. The van der Waals surface area contributed by atoms with Crippen molar-refractivity contribution in [1.82, 2.24) is 10.2 Å². The molecule has 2 aliphatic rings. The van der Waals surface area contributed by atoms with E-state index >= 15 is 0 Å². The Kier molecular flexibility index (Phi) is 4.81. The van der Waals surface area contributed by atoms with Crippen molar-refractivity contribution in [3.05, 3.63) is 0 Å². The van der Waals surface area contributed by atoms with Gasteiger partial charge in [0.2, 0.25) is 5.91 Å². The van der Waals surface area contributed by atoms with Crippen molar-refractivity contribution in [2.24, 2.45) is 5.41 Å². The first-order valence-corrected chi connectivity index (χ1v) is 7.54. The molecule has 1 saturated carbocycles. The second-order valence-corrected chi connectivity index (χ2v) is 6.35. The molecule has 0 radical (unpaired) electrons. The highest BCUT2D eigenvalue weighted by Crippen LogP contribution is 2.29. The third kappa shape index (κ3) is 4.21. The molecule has 106 valence electrons. The Morgan fingerprint density at radius 2 is 1.95 bits per heavy atom. The van der Waals surface area contributed by atoms with Crippen LogP contribution in [-0.2, 0) is 4.79 Å². The quantitative estimate of drug-likeness (QED) is 0.848. The molecule has 0 aromatic heterocycles. The van der Waals surface area contributed by atoms with Gasteiger partial charge >= 0.3 is 0 Å². The Balaban J connectivity index is 1.70. The normalized spacial score (nSPS) is 24.6. The van der Waals surface area contributed by atoms with E-state index in [0.29, 0.717) is 12.6 Å². The molecule has 1 aliphatic carbocycles. The van der Waals surface area contributed by atoms with Gasteiger partial charge in [-0.3, -0.25) is 9.69 Å². The summed E-state index contributed by atoms with van der Waals surface area (Å²) in [5.41, 5.74) is -0.184. The SMILES string of the molecule is CC1(C#N)CCN(CC(=O)NC2CCCCC2)CC1. The van der Waals surface area contributed by atoms with Gasteiger partial charge in [-0.25, -0.2) is 0 Å². The van der Waals surface area contributed by atoms with Crippen LogP contribution in [0.1, 0.15) is 51.9 Å². The minimum absolute atomic E-state index is 0.160. The van der Waals surface area contributed by atoms with Crippen molar-refractivity contribution in [3.8, 4) is 6.07 Å². The van der Waals surface area contributed by atoms with Crippen LogP contribution in [-0.4, -0.2) is 36.5 Å². The molecule has 0 spiro atoms. The van der Waals surface area contributed by atoms with Gasteiger partial charge in [-0.05, 0) is 32.6 Å². The van der Waals surface area contributed by atoms with Crippen LogP contribution in [0.25, 0.3) is 0 Å². The molecule has 1 saturated heterocycles. The molecule has 1 amide bonds. The maximum atomic E-state index is 12.0. The number of carbonyl (C=O) groups is 1. The highest BCUT2D eigenvalue weighted by atomic mass is 16.2. The predicted molar refractivity (Wildman–Crippen MR) is 74.4 cm³/mol. The first kappa shape index (κ1) is 14.3. The van der Waals surface area contributed by atoms with Crippen molar-refractivity contribution in [2.75, 3.05) is 19.6 Å². The second kappa shape index (κ2) is 6.38. The minimum Gasteiger partial charge on any atom is -0.352 e. The highest BCUT2D eigenvalue weighted by Gasteiger charge is 2.30. The fourth-order valence-electron chi connectivity index (χ4n) is 3.04. The summed E-state index contributed by atoms with van der Waals surface area (Å²) in [6.07, 6.45) is 7.83. The zero-order valence-corrected chi connectivity index (χ0v) is 12.0. The summed E-state index contributed by atoms with van der Waals surface area (Å²) in [6.45, 7) is 4.24. The number of rotatable bonds is 3. The molecule has 0 aromatic rings. The molecule has 0 unspecified atom stereocenters. The summed E-state index contributed by atoms with van der Waals surface area (Å²) in [6, 6.07) is 2.79. The molecule has 4 heteroatoms. The molecule has 2 rings (SSSR count). The zero-order chi connectivity index (χ0) is 13.7. The first-order chi connectivity index (χ1) is 9.11. The van der Waals surface area contributed by atoms with Gasteiger partial charge in [-0.15, -0.1) is 0 Å². The number of nitriles is 1. The van der Waals surface area contributed by atoms with E-state index in [-0.39, 0.29) is 11.3 Å². The number of hydrogen-bond acceptors (Lipinski definition) is 3. The van der Waals surface area contributed by atoms with Crippen LogP contribution in [0, 0.1) is 16.7 Å². The number of nitrogens with one attached hydrogen (secondary N) is 1. The van der Waals surface area contributed by atoms with Crippen LogP contribution in [0.2, 0.25) is 0 Å². The molecular formula is C15H25N3O. The Labute approximate surface area is 116 Å². The standard InChI is InChI=1S/C15H25N3O/c1-15(12-16)7-9-18(10-8-15)11-14(19)17-13-5-3-2-4-6-13/h13H,2-11H2,1H3,(H,17,19). The van der Waals surface area contributed by atoms with Crippen molar-refractivity contribution in [2.45, 2.75) is 57.9 Å². The lowest BCUT2D eigenvalue weighted by atomic mass is 9.82. The largest absolute Gasteiger partial charge is 0.352 e. The van der Waals surface area contributed by atoms with E-state index in [1.54, 1.807) is 0 Å². The van der Waals surface area contributed by atoms with Gasteiger partial charge in [-0.2, -0.15) is 5.26 Å². The Hall–Kier alpha value is -1.08. The Morgan fingerprint density at radius 3 is 2.53 bits per heavy atom. The molecule has 2 fully saturated rings. The Morgan fingerprint density at radius 1 is 1.32 bits per heavy atom. The van der Waals surface area contributed by atoms with Crippen molar-refractivity contribution in [1.29, 1.82) is 5.26 Å². The molecular weight excluding hydrogens is 238 g/mol. The monoisotopic (exact) mass is 263 g/mol. The summed E-state index contributed by atoms with van der Waals surface area (Å²) >= 11 is 0. The van der Waals surface area contributed by atoms with Crippen LogP contribution < -0.4 is 5.32 Å². The van der Waals surface area contributed by atoms with Gasteiger partial charge in [0.05, 0.1) is 18.0 Å². The molecule has 0 atom stereocenters. The third-order valence-electron chi connectivity index (χ3n) is 4.57. The topological polar surface area (TPSA) is 56.1 Å². The number of likely N-dealkylation sites (tertiary alicyclic amines) is 1. The van der Waals surface area contributed by atoms with Gasteiger partial charge < -0.3 is 5.32 Å². The molecule has 19 heavy (non-hydrogen) atoms. The molecule has 1 N–H and O–H groups in total. The first-order valence-electron chi connectivity index (χ1n) is 7.54. The summed E-state index contributed by atoms with van der Waals surface area (Å²) in [4.78, 5) is 14.2. The lowest BCUT2D eigenvalue weighted by molar-refractivity contribution is -0.123. The number of carbonyl (C=O) groups excluding carboxylic acids is 1. The third-order valence-corrected chi connectivity index (χ3v) is 4.57. The van der Waals surface area contributed by atoms with Crippen LogP contribution >= 0.6 is 0 Å². The number of hydrogen-bond donors (Lipinski definition) is 1. The minimum atomic E-state index is -0.184. The maximum absolute atomic E-state index is 12.0. The fourth-order valence-corrected chi connectivity index (χ4v) is 3.04. The zero-order valence-electron chi connectivity index (χ0n) is 12.0. The smallest absolute Gasteiger partial charge is 0.234 e. The van der Waals surface area contributed by atoms with Crippen LogP contribution in [0.4, 0.5) is 0 Å². The van der Waals surface area contributed by atoms with Crippen LogP contribution in [0.3, 0.4) is 0 Å². The van der Waals surface area contributed by atoms with Gasteiger partial charge in [0.1, 0.15) is 0 Å². The molecule has 4 nitrogen and oxygen atoms in total. The lowest BCUT2D eigenvalue weighted by Crippen LogP contribution is -2.46. The van der Waals surface area contributed by atoms with E-state index in [1.165, 1.54) is 19.3 Å². The van der Waals surface area contributed by atoms with Crippen molar-refractivity contribution in [3.63, 3.8) is 0 Å². The molecule has 1 heterocycles. The van der Waals surface area contributed by atoms with Crippen LogP contribution in [0.15, 0.2) is 0 Å². The molecule has 0 aromatic carbocycles. The van der Waals surface area contributed by atoms with Gasteiger partial charge in [0.15, 0.2) is 0 Å². The number of amides is 1. The van der Waals surface area contributed by atoms with E-state index in [2.05, 4.69) is 16.3 Å². The number of piperidine rings is 1. The van der Waals surface area contributed by atoms with Gasteiger partial charge in [0, 0.05) is 19.1 Å². The average molecular weight is 263 g/mol. The van der Waals surface area contributed by atoms with Crippen LogP contribution in [0.5, 0.6) is 0 Å². The van der Waals surface area contributed by atoms with E-state index in [0.717, 1.165) is 38.8 Å². The second-order valence-electron chi connectivity index (χ2n) is 6.35. The van der Waals surface area contributed by atoms with Crippen molar-refractivity contribution >= 4 is 5.91 Å². The fraction of sp³-hybridized carbons (Fsp3) is 0.867. The lowest BCUT2D eigenvalue weighted by Gasteiger charge is -2.34. The van der Waals surface area contributed by atoms with E-state index in [9.17, 15) is 4.79 Å². The Bertz CT molecular complexity index is 347. The van der Waals surface area contributed by atoms with Gasteiger partial charge in [0.25, 0.3) is 0 Å². The highest BCUT2D eigenvalue weighted by molar-refractivity contribution is 5.78. The molecule has 1 aliphatic heterocycles. The summed E-state index contributed by atoms with van der Waals surface area (Å²) in [7, 11) is 0. The summed E-state index contributed by atoms with van der Waals surface area (Å²) in [5, 5.41) is 12.2. The molecule has 0 bridgehead atoms. The van der Waals surface area contributed by atoms with Gasteiger partial charge in [-0.1, -0.05) is 19.3 Å². The van der Waals surface area contributed by atoms with E-state index in [1.807, 2.05) is 6.92 Å². The number of nitrogens with zero attached hydrogens (tertiary/aromatic N) is 2. The van der Waals surface area contributed by atoms with E-state index in [4.69, 9.17) is 5.26 Å². The predicted octanol–water partition coefficient (Wildman–Crippen LogP) is 2.06. The maximum Gasteiger partial charge on any atom is 0.234 e. The average Bonchev–Trinajstić information content (AvgIpc) is 2.43.